The van der Waals surface area contributed by atoms with Crippen LogP contribution < -0.4 is 4.90 Å². The van der Waals surface area contributed by atoms with E-state index in [1.165, 1.54) is 0 Å². The van der Waals surface area contributed by atoms with Crippen LogP contribution in [0.4, 0.5) is 6.01 Å². The molecular weight excluding hydrogens is 368 g/mol. The Bertz CT molecular complexity index is 988. The van der Waals surface area contributed by atoms with Crippen molar-refractivity contribution in [3.8, 4) is 0 Å². The molecule has 0 aliphatic carbocycles. The monoisotopic (exact) mass is 392 g/mol. The molecule has 0 unspecified atom stereocenters. The molecule has 5 rings (SSSR count). The summed E-state index contributed by atoms with van der Waals surface area (Å²) in [4.78, 5) is 25.6. The third-order valence-corrected chi connectivity index (χ3v) is 6.26. The number of aromatic nitrogens is 2. The van der Waals surface area contributed by atoms with Crippen molar-refractivity contribution in [2.75, 3.05) is 31.1 Å². The minimum Gasteiger partial charge on any atom is -0.423 e. The Balaban J connectivity index is 1.39. The summed E-state index contributed by atoms with van der Waals surface area (Å²) in [5.41, 5.74) is 1.86. The third kappa shape index (κ3) is 3.25. The quantitative estimate of drug-likeness (QED) is 0.722. The lowest BCUT2D eigenvalue weighted by atomic mass is 9.71. The third-order valence-electron chi connectivity index (χ3n) is 6.26. The Morgan fingerprint density at radius 1 is 1.14 bits per heavy atom. The van der Waals surface area contributed by atoms with Crippen LogP contribution in [-0.2, 0) is 0 Å². The molecule has 29 heavy (non-hydrogen) atoms. The van der Waals surface area contributed by atoms with Crippen LogP contribution in [0.15, 0.2) is 53.2 Å². The Labute approximate surface area is 169 Å². The first-order valence-corrected chi connectivity index (χ1v) is 10.1. The molecule has 3 aromatic rings. The molecule has 4 heterocycles. The van der Waals surface area contributed by atoms with E-state index in [1.807, 2.05) is 29.2 Å². The zero-order chi connectivity index (χ0) is 19.8. The number of fused-ring (bicyclic) bond motifs is 1. The molecular formula is C22H24N4O3. The number of aliphatic hydroxyl groups excluding tert-OH is 1. The largest absolute Gasteiger partial charge is 0.423 e. The number of oxazole rings is 1. The number of piperidine rings is 2. The number of amides is 1. The van der Waals surface area contributed by atoms with Crippen molar-refractivity contribution in [2.24, 2.45) is 5.41 Å². The molecule has 2 saturated heterocycles. The number of aliphatic hydroxyl groups is 1. The average molecular weight is 392 g/mol. The van der Waals surface area contributed by atoms with E-state index in [4.69, 9.17) is 4.42 Å². The zero-order valence-electron chi connectivity index (χ0n) is 16.2. The molecule has 1 N–H and O–H groups in total. The number of likely N-dealkylation sites (tertiary alicyclic amines) is 1. The van der Waals surface area contributed by atoms with Gasteiger partial charge >= 0.3 is 0 Å². The van der Waals surface area contributed by atoms with E-state index in [0.717, 1.165) is 23.9 Å². The summed E-state index contributed by atoms with van der Waals surface area (Å²) in [6.07, 6.45) is 5.21. The van der Waals surface area contributed by atoms with E-state index in [-0.39, 0.29) is 11.3 Å². The molecule has 150 valence electrons. The van der Waals surface area contributed by atoms with Gasteiger partial charge in [0.05, 0.1) is 6.10 Å². The van der Waals surface area contributed by atoms with Crippen LogP contribution in [0.25, 0.3) is 11.1 Å². The molecule has 2 atom stereocenters. The molecule has 1 amide bonds. The number of para-hydroxylation sites is 2. The molecule has 2 aliphatic heterocycles. The van der Waals surface area contributed by atoms with Crippen molar-refractivity contribution >= 4 is 23.0 Å². The lowest BCUT2D eigenvalue weighted by Crippen LogP contribution is -2.60. The summed E-state index contributed by atoms with van der Waals surface area (Å²) in [7, 11) is 0. The van der Waals surface area contributed by atoms with Crippen LogP contribution in [-0.4, -0.2) is 58.2 Å². The van der Waals surface area contributed by atoms with E-state index >= 15 is 0 Å². The summed E-state index contributed by atoms with van der Waals surface area (Å²) in [6, 6.07) is 11.8. The second-order valence-corrected chi connectivity index (χ2v) is 8.12. The maximum Gasteiger partial charge on any atom is 0.298 e. The predicted molar refractivity (Wildman–Crippen MR) is 109 cm³/mol. The average Bonchev–Trinajstić information content (AvgIpc) is 3.20. The Kier molecular flexibility index (Phi) is 4.47. The fourth-order valence-electron chi connectivity index (χ4n) is 4.72. The van der Waals surface area contributed by atoms with Gasteiger partial charge in [0.15, 0.2) is 5.58 Å². The van der Waals surface area contributed by atoms with Crippen molar-refractivity contribution in [1.29, 1.82) is 0 Å². The SMILES string of the molecule is O=C(c1ccncc1)N1CCC[C@]2(C1)CN(c1nc3ccccc3o1)CC[C@H]2O. The van der Waals surface area contributed by atoms with Gasteiger partial charge in [0, 0.05) is 49.6 Å². The summed E-state index contributed by atoms with van der Waals surface area (Å²) < 4.78 is 5.97. The van der Waals surface area contributed by atoms with Crippen LogP contribution in [0.5, 0.6) is 0 Å². The van der Waals surface area contributed by atoms with Crippen LogP contribution >= 0.6 is 0 Å². The molecule has 2 aliphatic rings. The second-order valence-electron chi connectivity index (χ2n) is 8.12. The maximum absolute atomic E-state index is 13.0. The number of hydrogen-bond acceptors (Lipinski definition) is 6. The van der Waals surface area contributed by atoms with Crippen LogP contribution in [0, 0.1) is 5.41 Å². The van der Waals surface area contributed by atoms with Crippen molar-refractivity contribution in [3.05, 3.63) is 54.4 Å². The van der Waals surface area contributed by atoms with E-state index in [1.54, 1.807) is 24.5 Å². The molecule has 1 spiro atoms. The zero-order valence-corrected chi connectivity index (χ0v) is 16.2. The highest BCUT2D eigenvalue weighted by Crippen LogP contribution is 2.40. The number of benzene rings is 1. The molecule has 1 aromatic carbocycles. The lowest BCUT2D eigenvalue weighted by molar-refractivity contribution is -0.0368. The van der Waals surface area contributed by atoms with Crippen LogP contribution in [0.2, 0.25) is 0 Å². The number of nitrogens with zero attached hydrogens (tertiary/aromatic N) is 4. The molecule has 0 saturated carbocycles. The summed E-state index contributed by atoms with van der Waals surface area (Å²) in [5.74, 6) is -0.00217. The predicted octanol–water partition coefficient (Wildman–Crippen LogP) is 2.72. The first-order chi connectivity index (χ1) is 14.1. The van der Waals surface area contributed by atoms with Crippen molar-refractivity contribution in [3.63, 3.8) is 0 Å². The van der Waals surface area contributed by atoms with Crippen molar-refractivity contribution in [1.82, 2.24) is 14.9 Å². The van der Waals surface area contributed by atoms with Gasteiger partial charge in [-0.1, -0.05) is 12.1 Å². The standard InChI is InChI=1S/C22H24N4O3/c27-19-8-13-26(21-24-17-4-1-2-5-18(17)29-21)15-22(19)9-3-12-25(14-22)20(28)16-6-10-23-11-7-16/h1-2,4-7,10-11,19,27H,3,8-9,12-15H2/t19-,22+/m1/s1. The van der Waals surface area contributed by atoms with E-state index in [2.05, 4.69) is 14.9 Å². The highest BCUT2D eigenvalue weighted by molar-refractivity contribution is 5.94. The van der Waals surface area contributed by atoms with Gasteiger partial charge < -0.3 is 19.3 Å². The summed E-state index contributed by atoms with van der Waals surface area (Å²) in [5, 5.41) is 10.9. The van der Waals surface area contributed by atoms with Gasteiger partial charge in [0.2, 0.25) is 0 Å². The van der Waals surface area contributed by atoms with Crippen molar-refractivity contribution in [2.45, 2.75) is 25.4 Å². The highest BCUT2D eigenvalue weighted by Gasteiger charge is 2.47. The molecule has 0 radical (unpaired) electrons. The van der Waals surface area contributed by atoms with E-state index in [0.29, 0.717) is 44.2 Å². The van der Waals surface area contributed by atoms with Crippen molar-refractivity contribution < 1.29 is 14.3 Å². The summed E-state index contributed by atoms with van der Waals surface area (Å²) in [6.45, 7) is 2.56. The fourth-order valence-corrected chi connectivity index (χ4v) is 4.72. The van der Waals surface area contributed by atoms with Gasteiger partial charge in [-0.2, -0.15) is 4.98 Å². The van der Waals surface area contributed by atoms with Crippen LogP contribution in [0.1, 0.15) is 29.6 Å². The first-order valence-electron chi connectivity index (χ1n) is 10.1. The van der Waals surface area contributed by atoms with Gasteiger partial charge in [0.1, 0.15) is 5.52 Å². The van der Waals surface area contributed by atoms with Gasteiger partial charge in [0.25, 0.3) is 11.9 Å². The summed E-state index contributed by atoms with van der Waals surface area (Å²) >= 11 is 0. The van der Waals surface area contributed by atoms with Gasteiger partial charge in [-0.05, 0) is 43.5 Å². The van der Waals surface area contributed by atoms with E-state index < -0.39 is 6.10 Å². The fraction of sp³-hybridized carbons (Fsp3) is 0.409. The van der Waals surface area contributed by atoms with Gasteiger partial charge in [-0.15, -0.1) is 0 Å². The molecule has 2 fully saturated rings. The normalized spacial score (nSPS) is 24.9. The minimum absolute atomic E-state index is 0.00217. The Morgan fingerprint density at radius 3 is 2.79 bits per heavy atom. The molecule has 2 aromatic heterocycles. The number of anilines is 1. The highest BCUT2D eigenvalue weighted by atomic mass is 16.4. The number of hydrogen-bond donors (Lipinski definition) is 1. The molecule has 7 heteroatoms. The molecule has 0 bridgehead atoms. The molecule has 7 nitrogen and oxygen atoms in total. The Morgan fingerprint density at radius 2 is 1.97 bits per heavy atom. The van der Waals surface area contributed by atoms with E-state index in [9.17, 15) is 9.90 Å². The Hall–Kier alpha value is -2.93. The lowest BCUT2D eigenvalue weighted by Gasteiger charge is -2.50. The first kappa shape index (κ1) is 18.1. The number of carbonyl (C=O) groups is 1. The number of pyridine rings is 1. The smallest absolute Gasteiger partial charge is 0.298 e. The van der Waals surface area contributed by atoms with Gasteiger partial charge in [-0.3, -0.25) is 9.78 Å². The second kappa shape index (κ2) is 7.15. The van der Waals surface area contributed by atoms with Gasteiger partial charge in [-0.25, -0.2) is 0 Å². The topological polar surface area (TPSA) is 82.7 Å². The van der Waals surface area contributed by atoms with Crippen LogP contribution in [0.3, 0.4) is 0 Å². The number of carbonyl (C=O) groups excluding carboxylic acids is 1. The minimum atomic E-state index is -0.448. The maximum atomic E-state index is 13.0. The number of rotatable bonds is 2.